The molecule has 1 N–H and O–H groups in total. The van der Waals surface area contributed by atoms with E-state index in [0.717, 1.165) is 15.2 Å². The van der Waals surface area contributed by atoms with Crippen LogP contribution in [-0.2, 0) is 6.54 Å². The minimum atomic E-state index is 0.707. The van der Waals surface area contributed by atoms with Crippen molar-refractivity contribution in [1.82, 2.24) is 4.98 Å². The highest BCUT2D eigenvalue weighted by Crippen LogP contribution is 2.26. The SMILES string of the molecule is Clc1cc(Br)ccc1NCc1nccs1. The summed E-state index contributed by atoms with van der Waals surface area (Å²) in [4.78, 5) is 4.18. The topological polar surface area (TPSA) is 24.9 Å². The molecule has 5 heteroatoms. The summed E-state index contributed by atoms with van der Waals surface area (Å²) in [5.74, 6) is 0. The van der Waals surface area contributed by atoms with Gasteiger partial charge in [-0.1, -0.05) is 27.5 Å². The molecule has 0 atom stereocenters. The molecule has 15 heavy (non-hydrogen) atoms. The van der Waals surface area contributed by atoms with E-state index < -0.39 is 0 Å². The highest BCUT2D eigenvalue weighted by Gasteiger charge is 2.01. The van der Waals surface area contributed by atoms with Crippen LogP contribution in [0.4, 0.5) is 5.69 Å². The van der Waals surface area contributed by atoms with Crippen molar-refractivity contribution in [3.05, 3.63) is 44.3 Å². The van der Waals surface area contributed by atoms with Gasteiger partial charge in [-0.15, -0.1) is 11.3 Å². The maximum Gasteiger partial charge on any atom is 0.112 e. The number of nitrogens with zero attached hydrogens (tertiary/aromatic N) is 1. The molecular formula is C10H8BrClN2S. The van der Waals surface area contributed by atoms with E-state index in [-0.39, 0.29) is 0 Å². The van der Waals surface area contributed by atoms with Gasteiger partial charge >= 0.3 is 0 Å². The zero-order chi connectivity index (χ0) is 10.7. The predicted molar refractivity (Wildman–Crippen MR) is 68.6 cm³/mol. The summed E-state index contributed by atoms with van der Waals surface area (Å²) >= 11 is 11.0. The van der Waals surface area contributed by atoms with E-state index in [4.69, 9.17) is 11.6 Å². The van der Waals surface area contributed by atoms with E-state index in [9.17, 15) is 0 Å². The smallest absolute Gasteiger partial charge is 0.112 e. The van der Waals surface area contributed by atoms with Crippen molar-refractivity contribution in [3.8, 4) is 0 Å². The lowest BCUT2D eigenvalue weighted by molar-refractivity contribution is 1.10. The Morgan fingerprint density at radius 1 is 1.47 bits per heavy atom. The normalized spacial score (nSPS) is 10.3. The van der Waals surface area contributed by atoms with Gasteiger partial charge in [0.15, 0.2) is 0 Å². The average molecular weight is 304 g/mol. The number of aromatic nitrogens is 1. The molecule has 0 aliphatic heterocycles. The molecule has 0 radical (unpaired) electrons. The molecule has 0 saturated carbocycles. The Labute approximate surface area is 105 Å². The van der Waals surface area contributed by atoms with Crippen molar-refractivity contribution in [3.63, 3.8) is 0 Å². The van der Waals surface area contributed by atoms with Crippen molar-refractivity contribution in [1.29, 1.82) is 0 Å². The van der Waals surface area contributed by atoms with Gasteiger partial charge in [0.1, 0.15) is 5.01 Å². The zero-order valence-corrected chi connectivity index (χ0v) is 10.9. The number of anilines is 1. The highest BCUT2D eigenvalue weighted by atomic mass is 79.9. The minimum Gasteiger partial charge on any atom is -0.377 e. The van der Waals surface area contributed by atoms with Gasteiger partial charge in [0.25, 0.3) is 0 Å². The second-order valence-electron chi connectivity index (χ2n) is 2.90. The fourth-order valence-electron chi connectivity index (χ4n) is 1.14. The first kappa shape index (κ1) is 10.9. The van der Waals surface area contributed by atoms with Crippen LogP contribution < -0.4 is 5.32 Å². The third kappa shape index (κ3) is 2.93. The Balaban J connectivity index is 2.05. The second kappa shape index (κ2) is 4.96. The van der Waals surface area contributed by atoms with E-state index >= 15 is 0 Å². The molecule has 0 spiro atoms. The number of hydrogen-bond acceptors (Lipinski definition) is 3. The Kier molecular flexibility index (Phi) is 3.61. The molecule has 78 valence electrons. The van der Waals surface area contributed by atoms with Crippen LogP contribution in [0.1, 0.15) is 5.01 Å². The van der Waals surface area contributed by atoms with Crippen LogP contribution in [0, 0.1) is 0 Å². The number of rotatable bonds is 3. The van der Waals surface area contributed by atoms with Gasteiger partial charge < -0.3 is 5.32 Å². The third-order valence-corrected chi connectivity index (χ3v) is 3.43. The first-order valence-corrected chi connectivity index (χ1v) is 6.38. The number of thiazole rings is 1. The highest BCUT2D eigenvalue weighted by molar-refractivity contribution is 9.10. The van der Waals surface area contributed by atoms with Crippen LogP contribution in [0.3, 0.4) is 0 Å². The van der Waals surface area contributed by atoms with Crippen LogP contribution in [0.2, 0.25) is 5.02 Å². The van der Waals surface area contributed by atoms with Crippen molar-refractivity contribution in [2.75, 3.05) is 5.32 Å². The molecule has 2 nitrogen and oxygen atoms in total. The largest absolute Gasteiger partial charge is 0.377 e. The summed E-state index contributed by atoms with van der Waals surface area (Å²) in [5, 5.41) is 6.96. The molecule has 0 aliphatic rings. The summed E-state index contributed by atoms with van der Waals surface area (Å²) < 4.78 is 0.979. The van der Waals surface area contributed by atoms with Crippen molar-refractivity contribution in [2.24, 2.45) is 0 Å². The molecule has 0 amide bonds. The third-order valence-electron chi connectivity index (χ3n) is 1.84. The van der Waals surface area contributed by atoms with Crippen molar-refractivity contribution < 1.29 is 0 Å². The molecule has 1 aromatic carbocycles. The first-order valence-electron chi connectivity index (χ1n) is 4.33. The molecule has 0 aliphatic carbocycles. The van der Waals surface area contributed by atoms with E-state index in [0.29, 0.717) is 11.6 Å². The predicted octanol–water partition coefficient (Wildman–Crippen LogP) is 4.17. The number of halogens is 2. The lowest BCUT2D eigenvalue weighted by Crippen LogP contribution is -1.99. The van der Waals surface area contributed by atoms with E-state index in [2.05, 4.69) is 26.2 Å². The lowest BCUT2D eigenvalue weighted by atomic mass is 10.3. The zero-order valence-electron chi connectivity index (χ0n) is 7.71. The van der Waals surface area contributed by atoms with Crippen molar-refractivity contribution >= 4 is 44.6 Å². The van der Waals surface area contributed by atoms with E-state index in [1.807, 2.05) is 23.6 Å². The van der Waals surface area contributed by atoms with Gasteiger partial charge in [-0.05, 0) is 18.2 Å². The quantitative estimate of drug-likeness (QED) is 0.920. The number of benzene rings is 1. The fraction of sp³-hybridized carbons (Fsp3) is 0.100. The summed E-state index contributed by atoms with van der Waals surface area (Å²) in [6, 6.07) is 5.77. The monoisotopic (exact) mass is 302 g/mol. The van der Waals surface area contributed by atoms with Crippen LogP contribution >= 0.6 is 38.9 Å². The standard InChI is InChI=1S/C10H8BrClN2S/c11-7-1-2-9(8(12)5-7)14-6-10-13-3-4-15-10/h1-5,14H,6H2. The fourth-order valence-corrected chi connectivity index (χ4v) is 2.44. The Morgan fingerprint density at radius 2 is 2.33 bits per heavy atom. The van der Waals surface area contributed by atoms with Crippen LogP contribution in [0.15, 0.2) is 34.2 Å². The van der Waals surface area contributed by atoms with Crippen LogP contribution in [0.25, 0.3) is 0 Å². The molecule has 0 unspecified atom stereocenters. The average Bonchev–Trinajstić information content (AvgIpc) is 2.69. The molecule has 0 saturated heterocycles. The molecule has 1 aromatic heterocycles. The molecule has 2 aromatic rings. The summed E-state index contributed by atoms with van der Waals surface area (Å²) in [6.45, 7) is 0.707. The van der Waals surface area contributed by atoms with Crippen LogP contribution in [-0.4, -0.2) is 4.98 Å². The van der Waals surface area contributed by atoms with Gasteiger partial charge in [0.05, 0.1) is 17.3 Å². The second-order valence-corrected chi connectivity index (χ2v) is 5.21. The van der Waals surface area contributed by atoms with Gasteiger partial charge in [0, 0.05) is 16.0 Å². The van der Waals surface area contributed by atoms with Gasteiger partial charge in [0.2, 0.25) is 0 Å². The molecule has 0 bridgehead atoms. The maximum atomic E-state index is 6.06. The van der Waals surface area contributed by atoms with Gasteiger partial charge in [-0.3, -0.25) is 0 Å². The van der Waals surface area contributed by atoms with Crippen molar-refractivity contribution in [2.45, 2.75) is 6.54 Å². The number of nitrogens with one attached hydrogen (secondary N) is 1. The molecule has 2 rings (SSSR count). The first-order chi connectivity index (χ1) is 7.25. The van der Waals surface area contributed by atoms with E-state index in [1.54, 1.807) is 17.5 Å². The Bertz CT molecular complexity index is 445. The molecular weight excluding hydrogens is 296 g/mol. The van der Waals surface area contributed by atoms with Crippen LogP contribution in [0.5, 0.6) is 0 Å². The Hall–Kier alpha value is -0.580. The summed E-state index contributed by atoms with van der Waals surface area (Å²) in [7, 11) is 0. The summed E-state index contributed by atoms with van der Waals surface area (Å²) in [5.41, 5.74) is 0.926. The molecule has 1 heterocycles. The van der Waals surface area contributed by atoms with E-state index in [1.165, 1.54) is 0 Å². The molecule has 0 fully saturated rings. The Morgan fingerprint density at radius 3 is 3.00 bits per heavy atom. The summed E-state index contributed by atoms with van der Waals surface area (Å²) in [6.07, 6.45) is 1.80. The maximum absolute atomic E-state index is 6.06. The lowest BCUT2D eigenvalue weighted by Gasteiger charge is -2.06. The minimum absolute atomic E-state index is 0.707. The number of hydrogen-bond donors (Lipinski definition) is 1. The van der Waals surface area contributed by atoms with Gasteiger partial charge in [-0.25, -0.2) is 4.98 Å². The van der Waals surface area contributed by atoms with Gasteiger partial charge in [-0.2, -0.15) is 0 Å².